The third-order valence-corrected chi connectivity index (χ3v) is 9.95. The molecule has 0 N–H and O–H groups in total. The molecule has 4 amide bonds. The third kappa shape index (κ3) is 4.06. The summed E-state index contributed by atoms with van der Waals surface area (Å²) in [5.74, 6) is -0.343. The topological polar surface area (TPSA) is 74.8 Å². The van der Waals surface area contributed by atoms with Crippen molar-refractivity contribution in [2.75, 3.05) is 0 Å². The SMILES string of the molecule is CC[C](C)(C)[AlH][N](C(C)=O)[C](=O)[Al]1[C](=O)N(C(C)(C)CC)[C]1=O. The summed E-state index contributed by atoms with van der Waals surface area (Å²) in [5.41, 5.74) is -0.570. The van der Waals surface area contributed by atoms with Gasteiger partial charge in [0.25, 0.3) is 0 Å². The fourth-order valence-corrected chi connectivity index (χ4v) is 7.08. The van der Waals surface area contributed by atoms with E-state index < -0.39 is 39.9 Å². The van der Waals surface area contributed by atoms with Gasteiger partial charge in [-0.3, -0.25) is 19.2 Å². The first-order chi connectivity index (χ1) is 10.4. The summed E-state index contributed by atoms with van der Waals surface area (Å²) in [7, 11) is 0. The summed E-state index contributed by atoms with van der Waals surface area (Å²) in [6.07, 6.45) is 1.48. The number of hydrogen-bond acceptors (Lipinski definition) is 4. The maximum atomic E-state index is 12.7. The average Bonchev–Trinajstić information content (AvgIpc) is 2.44. The molecule has 0 aliphatic carbocycles. The fourth-order valence-electron chi connectivity index (χ4n) is 2.41. The average molecular weight is 352 g/mol. The molecule has 126 valence electrons. The normalized spacial score (nSPS) is 15.4. The Balaban J connectivity index is 2.98. The monoisotopic (exact) mass is 352 g/mol. The molecule has 0 spiro atoms. The summed E-state index contributed by atoms with van der Waals surface area (Å²) < 4.78 is -0.0490. The number of imide groups is 2. The Labute approximate surface area is 148 Å². The van der Waals surface area contributed by atoms with Gasteiger partial charge in [0.1, 0.15) is 4.77 Å². The van der Waals surface area contributed by atoms with E-state index in [1.807, 2.05) is 41.5 Å². The lowest BCUT2D eigenvalue weighted by molar-refractivity contribution is -0.122. The van der Waals surface area contributed by atoms with Crippen molar-refractivity contribution in [1.29, 1.82) is 0 Å². The van der Waals surface area contributed by atoms with Crippen molar-refractivity contribution in [2.45, 2.75) is 71.1 Å². The second kappa shape index (κ2) is 7.07. The molecule has 0 aromatic rings. The van der Waals surface area contributed by atoms with Gasteiger partial charge >= 0.3 is 29.6 Å². The van der Waals surface area contributed by atoms with Gasteiger partial charge in [-0.25, -0.2) is 0 Å². The van der Waals surface area contributed by atoms with Gasteiger partial charge in [-0.2, -0.15) is 0 Å². The van der Waals surface area contributed by atoms with Crippen LogP contribution in [0.15, 0.2) is 0 Å². The predicted octanol–water partition coefficient (Wildman–Crippen LogP) is 2.90. The molecule has 0 unspecified atom stereocenters. The molecule has 6 nitrogen and oxygen atoms in total. The summed E-state index contributed by atoms with van der Waals surface area (Å²) >= 11 is -4.14. The second-order valence-corrected chi connectivity index (χ2v) is 12.8. The van der Waals surface area contributed by atoms with Crippen molar-refractivity contribution < 1.29 is 19.2 Å². The van der Waals surface area contributed by atoms with Crippen molar-refractivity contribution in [1.82, 2.24) is 8.78 Å². The standard InChI is InChI=1S/C7H11NO2.C5H11.C3H3NO2.2Al.H/c1-4-7(2,3)8(5-9)6-10;1-4-5(2)3;1-3(6)4-2-5;;;/h4H2,1-3H3;4H2,1-3H3;1H3;;;/q;;-1;;+1;. The van der Waals surface area contributed by atoms with Gasteiger partial charge in [0.05, 0.1) is 0 Å². The quantitative estimate of drug-likeness (QED) is 0.689. The van der Waals surface area contributed by atoms with Crippen LogP contribution in [0.25, 0.3) is 0 Å². The molecule has 1 fully saturated rings. The van der Waals surface area contributed by atoms with Crippen molar-refractivity contribution in [3.8, 4) is 0 Å². The van der Waals surface area contributed by atoms with E-state index in [9.17, 15) is 19.2 Å². The highest BCUT2D eigenvalue weighted by Gasteiger charge is 2.64. The minimum absolute atomic E-state index is 0.103. The molecule has 8 heteroatoms. The van der Waals surface area contributed by atoms with Gasteiger partial charge in [0.15, 0.2) is 9.54 Å². The lowest BCUT2D eigenvalue weighted by atomic mass is 10.0. The zero-order chi connectivity index (χ0) is 18.2. The fraction of sp³-hybridized carbons (Fsp3) is 0.733. The van der Waals surface area contributed by atoms with Crippen LogP contribution >= 0.6 is 0 Å². The molecule has 0 aromatic carbocycles. The molecule has 0 saturated carbocycles. The van der Waals surface area contributed by atoms with E-state index in [-0.39, 0.29) is 19.7 Å². The van der Waals surface area contributed by atoms with Crippen LogP contribution in [-0.2, 0) is 4.79 Å². The Bertz CT molecular complexity index is 530. The van der Waals surface area contributed by atoms with Crippen molar-refractivity contribution in [3.63, 3.8) is 0 Å². The van der Waals surface area contributed by atoms with Crippen LogP contribution < -0.4 is 0 Å². The van der Waals surface area contributed by atoms with Crippen molar-refractivity contribution in [2.24, 2.45) is 0 Å². The van der Waals surface area contributed by atoms with E-state index >= 15 is 0 Å². The first kappa shape index (κ1) is 20.4. The van der Waals surface area contributed by atoms with E-state index in [1.165, 1.54) is 15.7 Å². The highest BCUT2D eigenvalue weighted by Crippen LogP contribution is 2.31. The largest absolute Gasteiger partial charge is 0.646 e. The van der Waals surface area contributed by atoms with Crippen LogP contribution in [0.1, 0.15) is 61.3 Å². The molecule has 0 aromatic heterocycles. The lowest BCUT2D eigenvalue weighted by Gasteiger charge is -2.45. The molecule has 23 heavy (non-hydrogen) atoms. The third-order valence-electron chi connectivity index (χ3n) is 4.84. The maximum Gasteiger partial charge on any atom is 0.646 e. The van der Waals surface area contributed by atoms with E-state index in [0.29, 0.717) is 6.42 Å². The number of nitrogens with zero attached hydrogens (tertiary/aromatic N) is 2. The first-order valence-electron chi connectivity index (χ1n) is 8.09. The van der Waals surface area contributed by atoms with Crippen LogP contribution in [0.4, 0.5) is 14.4 Å². The highest BCUT2D eigenvalue weighted by molar-refractivity contribution is 7.33. The van der Waals surface area contributed by atoms with E-state index in [0.717, 1.165) is 6.42 Å². The Kier molecular flexibility index (Phi) is 6.27. The summed E-state index contributed by atoms with van der Waals surface area (Å²) in [6.45, 7) is 12.9. The summed E-state index contributed by atoms with van der Waals surface area (Å²) in [5, 5.41) is 0. The molecule has 1 rings (SSSR count). The Morgan fingerprint density at radius 1 is 1.09 bits per heavy atom. The van der Waals surface area contributed by atoms with E-state index in [4.69, 9.17) is 0 Å². The minimum atomic E-state index is -2.92. The van der Waals surface area contributed by atoms with Gasteiger partial charge in [0, 0.05) is 12.5 Å². The number of carbonyl (C=O) groups excluding carboxylic acids is 4. The summed E-state index contributed by atoms with van der Waals surface area (Å²) in [4.78, 5) is 50.6. The smallest absolute Gasteiger partial charge is 0.395 e. The molecule has 0 radical (unpaired) electrons. The molecular formula is C15H26Al2N2O4. The maximum absolute atomic E-state index is 12.7. The van der Waals surface area contributed by atoms with Crippen LogP contribution in [0.3, 0.4) is 0 Å². The number of amides is 4. The molecule has 1 aliphatic rings. The van der Waals surface area contributed by atoms with Gasteiger partial charge in [-0.15, -0.1) is 0 Å². The molecule has 1 heterocycles. The number of carbonyl (C=O) groups is 4. The zero-order valence-corrected chi connectivity index (χ0v) is 17.8. The van der Waals surface area contributed by atoms with Gasteiger partial charge < -0.3 is 8.78 Å². The number of rotatable bonds is 6. The predicted molar refractivity (Wildman–Crippen MR) is 92.2 cm³/mol. The molecule has 1 aliphatic heterocycles. The van der Waals surface area contributed by atoms with E-state index in [2.05, 4.69) is 0 Å². The van der Waals surface area contributed by atoms with Gasteiger partial charge in [0.2, 0.25) is 5.91 Å². The minimum Gasteiger partial charge on any atom is -0.395 e. The lowest BCUT2D eigenvalue weighted by Crippen LogP contribution is -2.74. The van der Waals surface area contributed by atoms with Crippen molar-refractivity contribution in [3.05, 3.63) is 0 Å². The zero-order valence-electron chi connectivity index (χ0n) is 15.2. The highest BCUT2D eigenvalue weighted by atomic mass is 27.2. The van der Waals surface area contributed by atoms with Crippen LogP contribution in [-0.4, -0.2) is 64.1 Å². The molecule has 0 bridgehead atoms. The van der Waals surface area contributed by atoms with Gasteiger partial charge in [-0.1, -0.05) is 38.4 Å². The Hall–Kier alpha value is -0.655. The van der Waals surface area contributed by atoms with Crippen LogP contribution in [0.5, 0.6) is 0 Å². The van der Waals surface area contributed by atoms with Gasteiger partial charge in [-0.05, 0) is 20.3 Å². The molecule has 1 saturated heterocycles. The summed E-state index contributed by atoms with van der Waals surface area (Å²) in [6, 6.07) is 0. The Morgan fingerprint density at radius 3 is 1.91 bits per heavy atom. The van der Waals surface area contributed by atoms with Crippen molar-refractivity contribution >= 4 is 49.8 Å². The first-order valence-corrected chi connectivity index (χ1v) is 11.2. The molecule has 0 atom stereocenters. The number of hydrogen-bond donors (Lipinski definition) is 0. The second-order valence-electron chi connectivity index (χ2n) is 7.57. The van der Waals surface area contributed by atoms with Crippen LogP contribution in [0.2, 0.25) is 4.28 Å². The molecular weight excluding hydrogens is 326 g/mol. The van der Waals surface area contributed by atoms with E-state index in [1.54, 1.807) is 0 Å². The Morgan fingerprint density at radius 2 is 1.57 bits per heavy atom. The van der Waals surface area contributed by atoms with Crippen LogP contribution in [0, 0.1) is 0 Å².